The third-order valence-corrected chi connectivity index (χ3v) is 2.33. The molecule has 0 fully saturated rings. The minimum absolute atomic E-state index is 0.0775. The first-order chi connectivity index (χ1) is 6.66. The number of aromatic nitrogens is 3. The number of hydrogen-bond donors (Lipinski definition) is 0. The Labute approximate surface area is 80.6 Å². The molecule has 0 aromatic carbocycles. The van der Waals surface area contributed by atoms with E-state index in [1.54, 1.807) is 38.0 Å². The van der Waals surface area contributed by atoms with Crippen LogP contribution in [0.2, 0.25) is 0 Å². The van der Waals surface area contributed by atoms with Gasteiger partial charge in [0.05, 0.1) is 12.6 Å². The minimum Gasteiger partial charge on any atom is -0.479 e. The van der Waals surface area contributed by atoms with Crippen LogP contribution in [0.15, 0.2) is 17.1 Å². The molecule has 0 atom stereocenters. The first-order valence-electron chi connectivity index (χ1n) is 4.21. The fraction of sp³-hybridized carbons (Fsp3) is 0.333. The lowest BCUT2D eigenvalue weighted by Gasteiger charge is -2.00. The molecule has 0 aliphatic rings. The molecule has 2 heterocycles. The topological polar surface area (TPSA) is 49.1 Å². The van der Waals surface area contributed by atoms with Crippen LogP contribution in [-0.4, -0.2) is 21.2 Å². The van der Waals surface area contributed by atoms with Gasteiger partial charge < -0.3 is 4.74 Å². The lowest BCUT2D eigenvalue weighted by Crippen LogP contribution is -2.19. The Morgan fingerprint density at radius 1 is 1.36 bits per heavy atom. The molecular weight excluding hydrogens is 182 g/mol. The molecule has 0 N–H and O–H groups in total. The van der Waals surface area contributed by atoms with Crippen molar-refractivity contribution >= 4 is 11.0 Å². The normalized spacial score (nSPS) is 10.8. The summed E-state index contributed by atoms with van der Waals surface area (Å²) in [6.07, 6.45) is 1.63. The van der Waals surface area contributed by atoms with E-state index in [1.165, 1.54) is 4.57 Å². The highest BCUT2D eigenvalue weighted by atomic mass is 16.5. The number of hydrogen-bond acceptors (Lipinski definition) is 3. The Balaban J connectivity index is 3.02. The average molecular weight is 193 g/mol. The molecule has 0 aliphatic heterocycles. The lowest BCUT2D eigenvalue weighted by molar-refractivity contribution is 0.401. The summed E-state index contributed by atoms with van der Waals surface area (Å²) in [6, 6.07) is 1.79. The van der Waals surface area contributed by atoms with Crippen LogP contribution >= 0.6 is 0 Å². The van der Waals surface area contributed by atoms with Crippen LogP contribution in [0.1, 0.15) is 0 Å². The van der Waals surface area contributed by atoms with E-state index < -0.39 is 0 Å². The van der Waals surface area contributed by atoms with E-state index >= 15 is 0 Å². The zero-order valence-electron chi connectivity index (χ0n) is 8.31. The van der Waals surface area contributed by atoms with Gasteiger partial charge in [-0.3, -0.25) is 9.13 Å². The summed E-state index contributed by atoms with van der Waals surface area (Å²) in [5.41, 5.74) is 1.47. The van der Waals surface area contributed by atoms with Crippen LogP contribution in [0.4, 0.5) is 0 Å². The molecule has 14 heavy (non-hydrogen) atoms. The van der Waals surface area contributed by atoms with Crippen LogP contribution in [-0.2, 0) is 14.1 Å². The first-order valence-corrected chi connectivity index (χ1v) is 4.21. The average Bonchev–Trinajstić information content (AvgIpc) is 2.44. The molecule has 5 nitrogen and oxygen atoms in total. The molecule has 0 unspecified atom stereocenters. The van der Waals surface area contributed by atoms with E-state index in [-0.39, 0.29) is 5.69 Å². The van der Waals surface area contributed by atoms with Crippen molar-refractivity contribution in [3.05, 3.63) is 22.7 Å². The summed E-state index contributed by atoms with van der Waals surface area (Å²) < 4.78 is 8.19. The van der Waals surface area contributed by atoms with Crippen molar-refractivity contribution in [2.45, 2.75) is 0 Å². The van der Waals surface area contributed by atoms with E-state index in [4.69, 9.17) is 4.74 Å². The fourth-order valence-electron chi connectivity index (χ4n) is 1.58. The van der Waals surface area contributed by atoms with Crippen LogP contribution in [0, 0.1) is 0 Å². The number of rotatable bonds is 1. The van der Waals surface area contributed by atoms with E-state index in [1.807, 2.05) is 0 Å². The lowest BCUT2D eigenvalue weighted by atomic mass is 10.4. The molecule has 0 spiro atoms. The van der Waals surface area contributed by atoms with Crippen molar-refractivity contribution in [1.82, 2.24) is 14.1 Å². The summed E-state index contributed by atoms with van der Waals surface area (Å²) in [4.78, 5) is 15.6. The Kier molecular flexibility index (Phi) is 1.80. The number of fused-ring (bicyclic) bond motifs is 1. The van der Waals surface area contributed by atoms with Crippen LogP contribution in [0.5, 0.6) is 5.88 Å². The molecule has 2 rings (SSSR count). The third kappa shape index (κ3) is 0.951. The summed E-state index contributed by atoms with van der Waals surface area (Å²) >= 11 is 0. The predicted molar refractivity (Wildman–Crippen MR) is 52.5 cm³/mol. The van der Waals surface area contributed by atoms with E-state index in [2.05, 4.69) is 4.98 Å². The van der Waals surface area contributed by atoms with E-state index in [0.29, 0.717) is 5.88 Å². The number of methoxy groups -OCH3 is 1. The fourth-order valence-corrected chi connectivity index (χ4v) is 1.58. The summed E-state index contributed by atoms with van der Waals surface area (Å²) in [5, 5.41) is 0. The predicted octanol–water partition coefficient (Wildman–Crippen LogP) is 0.281. The molecule has 74 valence electrons. The molecule has 0 bridgehead atoms. The zero-order chi connectivity index (χ0) is 10.3. The second-order valence-corrected chi connectivity index (χ2v) is 3.09. The van der Waals surface area contributed by atoms with Crippen molar-refractivity contribution in [3.8, 4) is 5.88 Å². The molecule has 0 amide bonds. The van der Waals surface area contributed by atoms with Gasteiger partial charge >= 0.3 is 5.69 Å². The number of ether oxygens (including phenoxy) is 1. The second-order valence-electron chi connectivity index (χ2n) is 3.09. The smallest absolute Gasteiger partial charge is 0.328 e. The molecule has 5 heteroatoms. The number of pyridine rings is 1. The van der Waals surface area contributed by atoms with Gasteiger partial charge in [0.25, 0.3) is 0 Å². The summed E-state index contributed by atoms with van der Waals surface area (Å²) in [7, 11) is 4.97. The van der Waals surface area contributed by atoms with E-state index in [0.717, 1.165) is 11.0 Å². The van der Waals surface area contributed by atoms with Crippen LogP contribution in [0.25, 0.3) is 11.0 Å². The van der Waals surface area contributed by atoms with Crippen molar-refractivity contribution in [3.63, 3.8) is 0 Å². The van der Waals surface area contributed by atoms with Gasteiger partial charge in [0, 0.05) is 20.3 Å². The van der Waals surface area contributed by atoms with Crippen molar-refractivity contribution in [2.24, 2.45) is 14.1 Å². The monoisotopic (exact) mass is 193 g/mol. The van der Waals surface area contributed by atoms with Gasteiger partial charge in [0.1, 0.15) is 5.52 Å². The highest BCUT2D eigenvalue weighted by Crippen LogP contribution is 2.19. The maximum atomic E-state index is 11.6. The third-order valence-electron chi connectivity index (χ3n) is 2.33. The molecule has 0 saturated heterocycles. The maximum absolute atomic E-state index is 11.6. The van der Waals surface area contributed by atoms with Gasteiger partial charge in [-0.05, 0) is 6.07 Å². The molecular formula is C9H11N3O2. The van der Waals surface area contributed by atoms with Gasteiger partial charge in [-0.15, -0.1) is 0 Å². The minimum atomic E-state index is -0.0775. The Morgan fingerprint density at radius 2 is 2.07 bits per heavy atom. The molecule has 0 aliphatic carbocycles. The molecule has 0 saturated carbocycles. The second kappa shape index (κ2) is 2.87. The number of imidazole rings is 1. The molecule has 2 aromatic heterocycles. The quantitative estimate of drug-likeness (QED) is 0.653. The Hall–Kier alpha value is -1.78. The summed E-state index contributed by atoms with van der Waals surface area (Å²) in [6.45, 7) is 0. The Morgan fingerprint density at radius 3 is 2.71 bits per heavy atom. The highest BCUT2D eigenvalue weighted by molar-refractivity contribution is 5.80. The van der Waals surface area contributed by atoms with Crippen molar-refractivity contribution < 1.29 is 4.74 Å². The number of aryl methyl sites for hydroxylation is 2. The van der Waals surface area contributed by atoms with Gasteiger partial charge in [-0.2, -0.15) is 0 Å². The summed E-state index contributed by atoms with van der Waals surface area (Å²) in [5.74, 6) is 0.475. The van der Waals surface area contributed by atoms with Crippen LogP contribution in [0.3, 0.4) is 0 Å². The molecule has 2 aromatic rings. The van der Waals surface area contributed by atoms with Gasteiger partial charge in [0.15, 0.2) is 0 Å². The highest BCUT2D eigenvalue weighted by Gasteiger charge is 2.12. The van der Waals surface area contributed by atoms with Gasteiger partial charge in [0.2, 0.25) is 5.88 Å². The van der Waals surface area contributed by atoms with Gasteiger partial charge in [-0.25, -0.2) is 9.78 Å². The first kappa shape index (κ1) is 8.80. The largest absolute Gasteiger partial charge is 0.479 e. The number of nitrogens with zero attached hydrogens (tertiary/aromatic N) is 3. The SMILES string of the molecule is COc1nccc2c1n(C)c(=O)n2C. The van der Waals surface area contributed by atoms with Crippen molar-refractivity contribution in [1.29, 1.82) is 0 Å². The Bertz CT molecular complexity index is 539. The maximum Gasteiger partial charge on any atom is 0.328 e. The van der Waals surface area contributed by atoms with Gasteiger partial charge in [-0.1, -0.05) is 0 Å². The van der Waals surface area contributed by atoms with Crippen molar-refractivity contribution in [2.75, 3.05) is 7.11 Å². The zero-order valence-corrected chi connectivity index (χ0v) is 8.31. The van der Waals surface area contributed by atoms with E-state index in [9.17, 15) is 4.79 Å². The molecule has 0 radical (unpaired) electrons. The van der Waals surface area contributed by atoms with Crippen LogP contribution < -0.4 is 10.4 Å². The standard InChI is InChI=1S/C9H11N3O2/c1-11-6-4-5-10-8(14-3)7(6)12(2)9(11)13/h4-5H,1-3H3.